The maximum absolute atomic E-state index is 12.9. The molecule has 0 spiro atoms. The van der Waals surface area contributed by atoms with Crippen LogP contribution < -0.4 is 16.6 Å². The number of rotatable bonds is 5. The predicted molar refractivity (Wildman–Crippen MR) is 123 cm³/mol. The van der Waals surface area contributed by atoms with Gasteiger partial charge in [-0.2, -0.15) is 0 Å². The van der Waals surface area contributed by atoms with E-state index >= 15 is 0 Å². The van der Waals surface area contributed by atoms with Crippen LogP contribution in [-0.2, 0) is 18.9 Å². The van der Waals surface area contributed by atoms with Gasteiger partial charge in [0, 0.05) is 19.8 Å². The summed E-state index contributed by atoms with van der Waals surface area (Å²) in [6, 6.07) is 9.14. The third-order valence-electron chi connectivity index (χ3n) is 5.00. The average Bonchev–Trinajstić information content (AvgIpc) is 3.31. The Kier molecular flexibility index (Phi) is 5.70. The Hall–Kier alpha value is -3.66. The van der Waals surface area contributed by atoms with Crippen LogP contribution in [0.3, 0.4) is 0 Å². The molecule has 0 radical (unpaired) electrons. The first kappa shape index (κ1) is 21.6. The first-order valence-electron chi connectivity index (χ1n) is 9.78. The maximum Gasteiger partial charge on any atom is 0.332 e. The molecule has 10 heteroatoms. The molecule has 0 atom stereocenters. The quantitative estimate of drug-likeness (QED) is 0.367. The first-order chi connectivity index (χ1) is 15.3. The number of benzene rings is 1. The summed E-state index contributed by atoms with van der Waals surface area (Å²) in [5.41, 5.74) is 1.94. The molecule has 3 heterocycles. The van der Waals surface area contributed by atoms with Crippen LogP contribution in [-0.4, -0.2) is 30.8 Å². The Labute approximate surface area is 187 Å². The highest BCUT2D eigenvalue weighted by Gasteiger charge is 2.20. The Morgan fingerprint density at radius 1 is 1.12 bits per heavy atom. The van der Waals surface area contributed by atoms with Gasteiger partial charge in [-0.1, -0.05) is 29.5 Å². The smallest absolute Gasteiger partial charge is 0.332 e. The van der Waals surface area contributed by atoms with Crippen LogP contribution in [0.2, 0.25) is 0 Å². The third kappa shape index (κ3) is 3.96. The second-order valence-electron chi connectivity index (χ2n) is 7.39. The van der Waals surface area contributed by atoms with E-state index in [1.54, 1.807) is 12.1 Å². The maximum atomic E-state index is 12.9. The number of carbonyl (C=O) groups excluding carboxylic acids is 1. The van der Waals surface area contributed by atoms with Crippen molar-refractivity contribution in [2.45, 2.75) is 18.9 Å². The van der Waals surface area contributed by atoms with Gasteiger partial charge in [-0.05, 0) is 37.6 Å². The number of aromatic nitrogens is 4. The van der Waals surface area contributed by atoms with Gasteiger partial charge in [-0.25, -0.2) is 14.8 Å². The van der Waals surface area contributed by atoms with E-state index in [4.69, 9.17) is 4.42 Å². The lowest BCUT2D eigenvalue weighted by atomic mass is 10.1. The number of amides is 1. The van der Waals surface area contributed by atoms with Crippen molar-refractivity contribution in [3.8, 4) is 11.6 Å². The molecule has 0 fully saturated rings. The minimum atomic E-state index is -0.522. The molecular formula is C22H21N5O4S. The summed E-state index contributed by atoms with van der Waals surface area (Å²) < 4.78 is 7.67. The largest absolute Gasteiger partial charge is 0.461 e. The molecule has 0 aliphatic rings. The van der Waals surface area contributed by atoms with Gasteiger partial charge >= 0.3 is 5.69 Å². The highest BCUT2D eigenvalue weighted by Crippen LogP contribution is 2.26. The van der Waals surface area contributed by atoms with Crippen molar-refractivity contribution in [3.63, 3.8) is 0 Å². The molecule has 0 saturated carbocycles. The average molecular weight is 452 g/mol. The molecule has 0 aliphatic carbocycles. The molecule has 0 bridgehead atoms. The topological polar surface area (TPSA) is 112 Å². The molecule has 4 rings (SSSR count). The van der Waals surface area contributed by atoms with Crippen LogP contribution in [0.1, 0.15) is 11.1 Å². The number of hydrogen-bond acceptors (Lipinski definition) is 7. The van der Waals surface area contributed by atoms with Gasteiger partial charge in [0.2, 0.25) is 5.91 Å². The zero-order valence-electron chi connectivity index (χ0n) is 18.0. The molecule has 0 saturated heterocycles. The third-order valence-corrected chi connectivity index (χ3v) is 5.98. The van der Waals surface area contributed by atoms with Crippen LogP contribution in [0.5, 0.6) is 0 Å². The Morgan fingerprint density at radius 3 is 2.59 bits per heavy atom. The molecule has 1 N–H and O–H groups in total. The van der Waals surface area contributed by atoms with Crippen LogP contribution in [0.4, 0.5) is 5.69 Å². The summed E-state index contributed by atoms with van der Waals surface area (Å²) in [6.45, 7) is 3.91. The van der Waals surface area contributed by atoms with Gasteiger partial charge in [0.25, 0.3) is 5.56 Å². The lowest BCUT2D eigenvalue weighted by Crippen LogP contribution is -2.37. The Morgan fingerprint density at radius 2 is 1.91 bits per heavy atom. The fourth-order valence-corrected chi connectivity index (χ4v) is 4.14. The summed E-state index contributed by atoms with van der Waals surface area (Å²) in [6.07, 6.45) is 1.48. The van der Waals surface area contributed by atoms with E-state index in [1.165, 1.54) is 24.9 Å². The number of hydrogen-bond donors (Lipinski definition) is 1. The van der Waals surface area contributed by atoms with E-state index in [0.29, 0.717) is 10.8 Å². The van der Waals surface area contributed by atoms with E-state index < -0.39 is 11.2 Å². The number of nitrogens with zero attached hydrogens (tertiary/aromatic N) is 4. The lowest BCUT2D eigenvalue weighted by molar-refractivity contribution is -0.113. The summed E-state index contributed by atoms with van der Waals surface area (Å²) >= 11 is 1.10. The fourth-order valence-electron chi connectivity index (χ4n) is 3.32. The minimum absolute atomic E-state index is 0.0169. The molecule has 164 valence electrons. The normalized spacial score (nSPS) is 11.1. The number of aryl methyl sites for hydroxylation is 3. The van der Waals surface area contributed by atoms with E-state index in [0.717, 1.165) is 33.1 Å². The van der Waals surface area contributed by atoms with Crippen molar-refractivity contribution in [3.05, 3.63) is 68.6 Å². The molecule has 0 aliphatic heterocycles. The van der Waals surface area contributed by atoms with Crippen molar-refractivity contribution in [2.75, 3.05) is 11.1 Å². The first-order valence-corrected chi connectivity index (χ1v) is 10.8. The highest BCUT2D eigenvalue weighted by atomic mass is 32.2. The molecule has 4 aromatic rings. The SMILES string of the molecule is Cc1ccc(NC(=O)CSc2nc(-c3ccco3)nc3c2c(=O)n(C)c(=O)n3C)c(C)c1. The summed E-state index contributed by atoms with van der Waals surface area (Å²) in [5.74, 6) is 0.391. The monoisotopic (exact) mass is 451 g/mol. The summed E-state index contributed by atoms with van der Waals surface area (Å²) in [5, 5.41) is 3.36. The Balaban J connectivity index is 1.73. The second kappa shape index (κ2) is 8.46. The van der Waals surface area contributed by atoms with Crippen LogP contribution in [0.25, 0.3) is 22.6 Å². The molecule has 9 nitrogen and oxygen atoms in total. The Bertz CT molecular complexity index is 1450. The van der Waals surface area contributed by atoms with Crippen molar-refractivity contribution < 1.29 is 9.21 Å². The van der Waals surface area contributed by atoms with E-state index in [-0.39, 0.29) is 28.5 Å². The molecule has 0 unspecified atom stereocenters. The predicted octanol–water partition coefficient (Wildman–Crippen LogP) is 2.63. The number of nitrogens with one attached hydrogen (secondary N) is 1. The summed E-state index contributed by atoms with van der Waals surface area (Å²) in [7, 11) is 2.93. The van der Waals surface area contributed by atoms with E-state index in [2.05, 4.69) is 15.3 Å². The number of thioether (sulfide) groups is 1. The lowest BCUT2D eigenvalue weighted by Gasteiger charge is -2.12. The van der Waals surface area contributed by atoms with Gasteiger partial charge in [0.05, 0.1) is 12.0 Å². The van der Waals surface area contributed by atoms with Crippen molar-refractivity contribution >= 4 is 34.4 Å². The summed E-state index contributed by atoms with van der Waals surface area (Å²) in [4.78, 5) is 46.7. The van der Waals surface area contributed by atoms with Gasteiger partial charge in [-0.15, -0.1) is 0 Å². The van der Waals surface area contributed by atoms with E-state index in [1.807, 2.05) is 32.0 Å². The molecule has 32 heavy (non-hydrogen) atoms. The molecular weight excluding hydrogens is 430 g/mol. The highest BCUT2D eigenvalue weighted by molar-refractivity contribution is 8.00. The minimum Gasteiger partial charge on any atom is -0.461 e. The van der Waals surface area contributed by atoms with Crippen molar-refractivity contribution in [1.82, 2.24) is 19.1 Å². The van der Waals surface area contributed by atoms with Crippen molar-refractivity contribution in [2.24, 2.45) is 14.1 Å². The zero-order valence-corrected chi connectivity index (χ0v) is 18.8. The fraction of sp³-hybridized carbons (Fsp3) is 0.227. The van der Waals surface area contributed by atoms with Gasteiger partial charge < -0.3 is 9.73 Å². The van der Waals surface area contributed by atoms with Crippen molar-refractivity contribution in [1.29, 1.82) is 0 Å². The van der Waals surface area contributed by atoms with Crippen LogP contribution >= 0.6 is 11.8 Å². The zero-order chi connectivity index (χ0) is 23.0. The number of fused-ring (bicyclic) bond motifs is 1. The van der Waals surface area contributed by atoms with Gasteiger partial charge in [-0.3, -0.25) is 18.7 Å². The van der Waals surface area contributed by atoms with Crippen LogP contribution in [0.15, 0.2) is 55.6 Å². The van der Waals surface area contributed by atoms with E-state index in [9.17, 15) is 14.4 Å². The number of anilines is 1. The van der Waals surface area contributed by atoms with Gasteiger partial charge in [0.15, 0.2) is 17.2 Å². The number of furan rings is 1. The molecule has 1 amide bonds. The molecule has 3 aromatic heterocycles. The van der Waals surface area contributed by atoms with Gasteiger partial charge in [0.1, 0.15) is 10.4 Å². The standard InChI is InChI=1S/C22H21N5O4S/c1-12-7-8-14(13(2)10-12)23-16(28)11-32-20-17-19(26(3)22(30)27(4)21(17)29)24-18(25-20)15-6-5-9-31-15/h5-10H,11H2,1-4H3,(H,23,28). The second-order valence-corrected chi connectivity index (χ2v) is 8.35. The number of carbonyl (C=O) groups is 1. The molecule has 1 aromatic carbocycles. The van der Waals surface area contributed by atoms with Crippen LogP contribution in [0, 0.1) is 13.8 Å².